The molecule has 11 heteroatoms. The molecule has 1 aromatic rings. The summed E-state index contributed by atoms with van der Waals surface area (Å²) < 4.78 is 31.7. The van der Waals surface area contributed by atoms with Gasteiger partial charge in [-0.1, -0.05) is 45.4 Å². The molecule has 1 aromatic carbocycles. The first kappa shape index (κ1) is 29.7. The van der Waals surface area contributed by atoms with Crippen molar-refractivity contribution >= 4 is 29.4 Å². The molecule has 7 nitrogen and oxygen atoms in total. The molecule has 0 bridgehead atoms. The van der Waals surface area contributed by atoms with Gasteiger partial charge in [-0.05, 0) is 47.9 Å². The van der Waals surface area contributed by atoms with E-state index in [2.05, 4.69) is 26.1 Å². The monoisotopic (exact) mass is 507 g/mol. The van der Waals surface area contributed by atoms with Gasteiger partial charge in [0, 0.05) is 30.6 Å². The molecule has 4 N–H and O–H groups in total. The fourth-order valence-corrected chi connectivity index (χ4v) is 4.11. The van der Waals surface area contributed by atoms with Crippen molar-refractivity contribution in [3.8, 4) is 0 Å². The second kappa shape index (κ2) is 12.4. The highest BCUT2D eigenvalue weighted by Crippen LogP contribution is 2.32. The Kier molecular flexibility index (Phi) is 10.8. The van der Waals surface area contributed by atoms with E-state index in [9.17, 15) is 22.8 Å². The van der Waals surface area contributed by atoms with E-state index in [1.165, 1.54) is 0 Å². The lowest BCUT2D eigenvalue weighted by Gasteiger charge is -2.34. The number of alkyl halides is 3. The second-order valence-electron chi connectivity index (χ2n) is 9.15. The Balaban J connectivity index is 0.000000718. The van der Waals surface area contributed by atoms with Crippen LogP contribution >= 0.6 is 11.6 Å². The molecule has 192 valence electrons. The summed E-state index contributed by atoms with van der Waals surface area (Å²) in [6.45, 7) is 9.68. The van der Waals surface area contributed by atoms with Crippen molar-refractivity contribution in [1.29, 1.82) is 0 Å². The van der Waals surface area contributed by atoms with Gasteiger partial charge in [-0.2, -0.15) is 13.2 Å². The molecule has 2 atom stereocenters. The van der Waals surface area contributed by atoms with Crippen molar-refractivity contribution in [3.05, 3.63) is 34.3 Å². The third-order valence-corrected chi connectivity index (χ3v) is 5.91. The zero-order valence-corrected chi connectivity index (χ0v) is 20.6. The quantitative estimate of drug-likeness (QED) is 0.536. The average Bonchev–Trinajstić information content (AvgIpc) is 3.21. The van der Waals surface area contributed by atoms with E-state index in [1.54, 1.807) is 11.0 Å². The molecule has 1 fully saturated rings. The maximum atomic E-state index is 13.1. The van der Waals surface area contributed by atoms with Crippen molar-refractivity contribution in [3.63, 3.8) is 0 Å². The number of hydrogen-bond acceptors (Lipinski definition) is 4. The van der Waals surface area contributed by atoms with Crippen molar-refractivity contribution in [2.24, 2.45) is 17.1 Å². The summed E-state index contributed by atoms with van der Waals surface area (Å²) >= 11 is 6.07. The zero-order chi connectivity index (χ0) is 26.3. The van der Waals surface area contributed by atoms with Gasteiger partial charge < -0.3 is 21.1 Å². The lowest BCUT2D eigenvalue weighted by atomic mass is 9.78. The van der Waals surface area contributed by atoms with E-state index in [-0.39, 0.29) is 23.1 Å². The number of benzene rings is 1. The van der Waals surface area contributed by atoms with E-state index in [0.29, 0.717) is 31.1 Å². The third-order valence-electron chi connectivity index (χ3n) is 5.67. The normalized spacial score (nSPS) is 17.0. The minimum Gasteiger partial charge on any atom is -0.475 e. The molecule has 0 saturated carbocycles. The van der Waals surface area contributed by atoms with Gasteiger partial charge in [-0.3, -0.25) is 9.59 Å². The van der Waals surface area contributed by atoms with Gasteiger partial charge in [0.25, 0.3) is 0 Å². The highest BCUT2D eigenvalue weighted by atomic mass is 35.5. The highest BCUT2D eigenvalue weighted by molar-refractivity contribution is 6.30. The van der Waals surface area contributed by atoms with Crippen molar-refractivity contribution in [1.82, 2.24) is 10.2 Å². The molecule has 1 aliphatic heterocycles. The number of likely N-dealkylation sites (tertiary alicyclic amines) is 1. The number of hydrogen-bond donors (Lipinski definition) is 3. The van der Waals surface area contributed by atoms with Crippen LogP contribution in [0.3, 0.4) is 0 Å². The molecule has 1 heterocycles. The van der Waals surface area contributed by atoms with Gasteiger partial charge in [-0.15, -0.1) is 0 Å². The van der Waals surface area contributed by atoms with E-state index >= 15 is 0 Å². The Morgan fingerprint density at radius 1 is 1.24 bits per heavy atom. The third kappa shape index (κ3) is 8.47. The summed E-state index contributed by atoms with van der Waals surface area (Å²) in [5.41, 5.74) is 7.52. The average molecular weight is 508 g/mol. The predicted octanol–water partition coefficient (Wildman–Crippen LogP) is 4.11. The Labute approximate surface area is 202 Å². The van der Waals surface area contributed by atoms with E-state index in [1.807, 2.05) is 19.1 Å². The van der Waals surface area contributed by atoms with Crippen LogP contribution in [0.25, 0.3) is 0 Å². The summed E-state index contributed by atoms with van der Waals surface area (Å²) in [4.78, 5) is 36.5. The van der Waals surface area contributed by atoms with Crippen LogP contribution in [-0.2, 0) is 27.5 Å². The lowest BCUT2D eigenvalue weighted by Crippen LogP contribution is -2.49. The number of halogens is 4. The molecule has 0 unspecified atom stereocenters. The topological polar surface area (TPSA) is 113 Å². The summed E-state index contributed by atoms with van der Waals surface area (Å²) in [6, 6.07) is 5.11. The van der Waals surface area contributed by atoms with E-state index in [4.69, 9.17) is 27.2 Å². The van der Waals surface area contributed by atoms with E-state index < -0.39 is 18.2 Å². The predicted molar refractivity (Wildman–Crippen MR) is 123 cm³/mol. The zero-order valence-electron chi connectivity index (χ0n) is 19.8. The summed E-state index contributed by atoms with van der Waals surface area (Å²) in [5, 5.41) is 10.7. The van der Waals surface area contributed by atoms with Gasteiger partial charge >= 0.3 is 12.1 Å². The van der Waals surface area contributed by atoms with Crippen molar-refractivity contribution in [2.75, 3.05) is 6.54 Å². The first-order valence-electron chi connectivity index (χ1n) is 11.0. The van der Waals surface area contributed by atoms with Crippen LogP contribution in [0.2, 0.25) is 5.02 Å². The number of carboxylic acid groups (broad SMARTS) is 1. The minimum atomic E-state index is -5.08. The number of aliphatic carboxylic acids is 1. The number of nitrogens with one attached hydrogen (secondary N) is 1. The van der Waals surface area contributed by atoms with Crippen LogP contribution in [0.4, 0.5) is 13.2 Å². The Morgan fingerprint density at radius 3 is 2.29 bits per heavy atom. The number of nitrogens with zero attached hydrogens (tertiary/aromatic N) is 1. The first-order chi connectivity index (χ1) is 15.6. The Bertz CT molecular complexity index is 872. The Morgan fingerprint density at radius 2 is 1.82 bits per heavy atom. The van der Waals surface area contributed by atoms with Crippen LogP contribution in [0.15, 0.2) is 18.2 Å². The smallest absolute Gasteiger partial charge is 0.475 e. The molecule has 0 aliphatic carbocycles. The number of carbonyl (C=O) groups is 3. The van der Waals surface area contributed by atoms with Gasteiger partial charge in [-0.25, -0.2) is 4.79 Å². The summed E-state index contributed by atoms with van der Waals surface area (Å²) in [7, 11) is 0. The molecule has 1 aliphatic rings. The number of amides is 2. The fourth-order valence-electron chi connectivity index (χ4n) is 3.92. The van der Waals surface area contributed by atoms with Crippen LogP contribution in [-0.4, -0.2) is 46.6 Å². The summed E-state index contributed by atoms with van der Waals surface area (Å²) in [5.74, 6) is -2.85. The second-order valence-corrected chi connectivity index (χ2v) is 9.59. The lowest BCUT2D eigenvalue weighted by molar-refractivity contribution is -0.192. The number of carboxylic acids is 1. The molecule has 1 saturated heterocycles. The number of rotatable bonds is 6. The minimum absolute atomic E-state index is 0.0809. The van der Waals surface area contributed by atoms with Gasteiger partial charge in [0.2, 0.25) is 11.8 Å². The van der Waals surface area contributed by atoms with Crippen LogP contribution in [0, 0.1) is 11.3 Å². The van der Waals surface area contributed by atoms with Gasteiger partial charge in [0.15, 0.2) is 0 Å². The maximum Gasteiger partial charge on any atom is 0.490 e. The van der Waals surface area contributed by atoms with Crippen LogP contribution in [0.1, 0.15) is 58.1 Å². The molecular weight excluding hydrogens is 475 g/mol. The molecule has 0 radical (unpaired) electrons. The standard InChI is InChI=1S/C21H32ClN3O2.C2HF3O2/c1-5-17(21(2,3)4)20(27)25-10-6-7-18(25)19(26)24-13-15-11-16(22)9-8-14(15)12-23;3-2(4,5)1(6)7/h8-9,11,17-18H,5-7,10,12-13,23H2,1-4H3,(H,24,26);(H,6,7)/t17-,18-;/m0./s1. The highest BCUT2D eigenvalue weighted by Gasteiger charge is 2.40. The van der Waals surface area contributed by atoms with Crippen LogP contribution < -0.4 is 11.1 Å². The Hall–Kier alpha value is -2.33. The van der Waals surface area contributed by atoms with Gasteiger partial charge in [0.05, 0.1) is 0 Å². The SMILES string of the molecule is CC[C@@H](C(=O)N1CCC[C@H]1C(=O)NCc1cc(Cl)ccc1CN)C(C)(C)C.O=C(O)C(F)(F)F. The molecular formula is C23H33ClF3N3O4. The molecule has 2 rings (SSSR count). The van der Waals surface area contributed by atoms with Crippen molar-refractivity contribution in [2.45, 2.75) is 72.3 Å². The van der Waals surface area contributed by atoms with Gasteiger partial charge in [0.1, 0.15) is 6.04 Å². The molecule has 34 heavy (non-hydrogen) atoms. The maximum absolute atomic E-state index is 13.1. The summed E-state index contributed by atoms with van der Waals surface area (Å²) in [6.07, 6.45) is -2.75. The largest absolute Gasteiger partial charge is 0.490 e. The van der Waals surface area contributed by atoms with Crippen molar-refractivity contribution < 1.29 is 32.7 Å². The molecule has 0 spiro atoms. The number of nitrogens with two attached hydrogens (primary N) is 1. The molecule has 2 amide bonds. The fraction of sp³-hybridized carbons (Fsp3) is 0.609. The van der Waals surface area contributed by atoms with E-state index in [0.717, 1.165) is 24.0 Å². The number of carbonyl (C=O) groups excluding carboxylic acids is 2. The molecule has 0 aromatic heterocycles. The van der Waals surface area contributed by atoms with Crippen LogP contribution in [0.5, 0.6) is 0 Å². The first-order valence-corrected chi connectivity index (χ1v) is 11.4.